The maximum atomic E-state index is 11.9. The standard InChI is InChI=1S/C14H15N3O2/c1-14(2,11-12(18)17-13(19)16-11)9-7-15-10-6-4-3-5-8(9)10/h3-7,11,15H,1-2H3,(H2,16,17,18,19). The van der Waals surface area contributed by atoms with E-state index in [4.69, 9.17) is 0 Å². The number of hydrogen-bond donors (Lipinski definition) is 3. The number of nitrogens with one attached hydrogen (secondary N) is 3. The van der Waals surface area contributed by atoms with E-state index in [2.05, 4.69) is 15.6 Å². The highest BCUT2D eigenvalue weighted by atomic mass is 16.2. The summed E-state index contributed by atoms with van der Waals surface area (Å²) in [5, 5.41) is 6.04. The fourth-order valence-electron chi connectivity index (χ4n) is 2.69. The van der Waals surface area contributed by atoms with E-state index in [1.165, 1.54) is 0 Å². The summed E-state index contributed by atoms with van der Waals surface area (Å²) in [6.45, 7) is 3.91. The number of urea groups is 1. The number of imide groups is 1. The smallest absolute Gasteiger partial charge is 0.322 e. The van der Waals surface area contributed by atoms with Gasteiger partial charge in [0.2, 0.25) is 0 Å². The molecule has 1 fully saturated rings. The lowest BCUT2D eigenvalue weighted by Crippen LogP contribution is -2.45. The Morgan fingerprint density at radius 2 is 1.89 bits per heavy atom. The van der Waals surface area contributed by atoms with E-state index in [1.807, 2.05) is 44.3 Å². The van der Waals surface area contributed by atoms with Crippen LogP contribution in [0.1, 0.15) is 19.4 Å². The molecular weight excluding hydrogens is 242 g/mol. The first-order valence-electron chi connectivity index (χ1n) is 6.18. The molecule has 1 aromatic heterocycles. The molecule has 1 saturated heterocycles. The minimum Gasteiger partial charge on any atom is -0.361 e. The number of para-hydroxylation sites is 1. The second kappa shape index (κ2) is 3.85. The predicted octanol–water partition coefficient (Wildman–Crippen LogP) is 1.65. The summed E-state index contributed by atoms with van der Waals surface area (Å²) in [6.07, 6.45) is 1.91. The molecule has 3 rings (SSSR count). The molecule has 1 unspecified atom stereocenters. The summed E-state index contributed by atoms with van der Waals surface area (Å²) in [4.78, 5) is 26.4. The Hall–Kier alpha value is -2.30. The van der Waals surface area contributed by atoms with Gasteiger partial charge in [-0.1, -0.05) is 32.0 Å². The molecule has 5 nitrogen and oxygen atoms in total. The molecule has 5 heteroatoms. The Morgan fingerprint density at radius 3 is 2.58 bits per heavy atom. The van der Waals surface area contributed by atoms with E-state index in [0.29, 0.717) is 0 Å². The number of rotatable bonds is 2. The lowest BCUT2D eigenvalue weighted by molar-refractivity contribution is -0.121. The van der Waals surface area contributed by atoms with Crippen LogP contribution in [0.4, 0.5) is 4.79 Å². The van der Waals surface area contributed by atoms with Crippen molar-refractivity contribution in [1.82, 2.24) is 15.6 Å². The highest BCUT2D eigenvalue weighted by Gasteiger charge is 2.43. The van der Waals surface area contributed by atoms with Crippen LogP contribution in [0.15, 0.2) is 30.5 Å². The lowest BCUT2D eigenvalue weighted by Gasteiger charge is -2.29. The van der Waals surface area contributed by atoms with Gasteiger partial charge in [-0.05, 0) is 11.6 Å². The molecule has 98 valence electrons. The van der Waals surface area contributed by atoms with Crippen molar-refractivity contribution in [3.8, 4) is 0 Å². The van der Waals surface area contributed by atoms with Gasteiger partial charge in [0.1, 0.15) is 6.04 Å². The van der Waals surface area contributed by atoms with Crippen molar-refractivity contribution in [2.75, 3.05) is 0 Å². The number of H-pyrrole nitrogens is 1. The first-order valence-corrected chi connectivity index (χ1v) is 6.18. The van der Waals surface area contributed by atoms with Gasteiger partial charge in [0.25, 0.3) is 5.91 Å². The van der Waals surface area contributed by atoms with E-state index >= 15 is 0 Å². The zero-order chi connectivity index (χ0) is 13.6. The van der Waals surface area contributed by atoms with Crippen LogP contribution in [-0.4, -0.2) is 23.0 Å². The molecular formula is C14H15N3O2. The van der Waals surface area contributed by atoms with Crippen LogP contribution in [-0.2, 0) is 10.2 Å². The highest BCUT2D eigenvalue weighted by Crippen LogP contribution is 2.34. The van der Waals surface area contributed by atoms with Crippen LogP contribution < -0.4 is 10.6 Å². The van der Waals surface area contributed by atoms with Crippen LogP contribution >= 0.6 is 0 Å². The second-order valence-corrected chi connectivity index (χ2v) is 5.37. The average molecular weight is 257 g/mol. The SMILES string of the molecule is CC(C)(c1c[nH]c2ccccc12)C1NC(=O)NC1=O. The third-order valence-corrected chi connectivity index (χ3v) is 3.78. The molecule has 2 heterocycles. The van der Waals surface area contributed by atoms with Crippen LogP contribution in [0.3, 0.4) is 0 Å². The van der Waals surface area contributed by atoms with Gasteiger partial charge in [-0.25, -0.2) is 4.79 Å². The number of hydrogen-bond acceptors (Lipinski definition) is 2. The van der Waals surface area contributed by atoms with Gasteiger partial charge < -0.3 is 10.3 Å². The Bertz CT molecular complexity index is 672. The zero-order valence-corrected chi connectivity index (χ0v) is 10.8. The Labute approximate surface area is 110 Å². The summed E-state index contributed by atoms with van der Waals surface area (Å²) in [7, 11) is 0. The largest absolute Gasteiger partial charge is 0.361 e. The first kappa shape index (κ1) is 11.8. The number of aromatic amines is 1. The highest BCUT2D eigenvalue weighted by molar-refractivity contribution is 6.05. The lowest BCUT2D eigenvalue weighted by atomic mass is 9.77. The number of amides is 3. The summed E-state index contributed by atoms with van der Waals surface area (Å²) in [5.74, 6) is -0.278. The number of carbonyl (C=O) groups excluding carboxylic acids is 2. The van der Waals surface area contributed by atoms with Crippen LogP contribution in [0.2, 0.25) is 0 Å². The molecule has 3 amide bonds. The summed E-state index contributed by atoms with van der Waals surface area (Å²) < 4.78 is 0. The molecule has 0 bridgehead atoms. The summed E-state index contributed by atoms with van der Waals surface area (Å²) in [6, 6.07) is 6.94. The Morgan fingerprint density at radius 1 is 1.16 bits per heavy atom. The fourth-order valence-corrected chi connectivity index (χ4v) is 2.69. The van der Waals surface area contributed by atoms with E-state index in [1.54, 1.807) is 0 Å². The molecule has 0 spiro atoms. The van der Waals surface area contributed by atoms with Gasteiger partial charge in [0.15, 0.2) is 0 Å². The summed E-state index contributed by atoms with van der Waals surface area (Å²) >= 11 is 0. The minimum absolute atomic E-state index is 0.278. The maximum absolute atomic E-state index is 11.9. The van der Waals surface area contributed by atoms with Crippen molar-refractivity contribution >= 4 is 22.8 Å². The molecule has 1 aromatic carbocycles. The van der Waals surface area contributed by atoms with E-state index < -0.39 is 17.5 Å². The van der Waals surface area contributed by atoms with Crippen molar-refractivity contribution in [2.45, 2.75) is 25.3 Å². The third kappa shape index (κ3) is 1.69. The van der Waals surface area contributed by atoms with Gasteiger partial charge >= 0.3 is 6.03 Å². The van der Waals surface area contributed by atoms with Gasteiger partial charge in [-0.2, -0.15) is 0 Å². The monoisotopic (exact) mass is 257 g/mol. The molecule has 0 saturated carbocycles. The van der Waals surface area contributed by atoms with E-state index in [9.17, 15) is 9.59 Å². The average Bonchev–Trinajstić information content (AvgIpc) is 2.93. The van der Waals surface area contributed by atoms with Crippen LogP contribution in [0.5, 0.6) is 0 Å². The van der Waals surface area contributed by atoms with Crippen molar-refractivity contribution in [3.63, 3.8) is 0 Å². The third-order valence-electron chi connectivity index (χ3n) is 3.78. The Balaban J connectivity index is 2.09. The topological polar surface area (TPSA) is 74.0 Å². The molecule has 1 atom stereocenters. The van der Waals surface area contributed by atoms with Gasteiger partial charge in [0.05, 0.1) is 0 Å². The molecule has 19 heavy (non-hydrogen) atoms. The predicted molar refractivity (Wildman–Crippen MR) is 71.8 cm³/mol. The quantitative estimate of drug-likeness (QED) is 0.716. The minimum atomic E-state index is -0.556. The molecule has 3 N–H and O–H groups in total. The molecule has 2 aromatic rings. The van der Waals surface area contributed by atoms with Crippen molar-refractivity contribution < 1.29 is 9.59 Å². The van der Waals surface area contributed by atoms with Gasteiger partial charge in [0, 0.05) is 22.5 Å². The summed E-state index contributed by atoms with van der Waals surface area (Å²) in [5.41, 5.74) is 1.55. The van der Waals surface area contributed by atoms with Crippen LogP contribution in [0, 0.1) is 0 Å². The first-order chi connectivity index (χ1) is 9.00. The number of benzene rings is 1. The van der Waals surface area contributed by atoms with E-state index in [0.717, 1.165) is 16.5 Å². The van der Waals surface area contributed by atoms with Gasteiger partial charge in [-0.3, -0.25) is 10.1 Å². The molecule has 1 aliphatic heterocycles. The number of aromatic nitrogens is 1. The number of carbonyl (C=O) groups is 2. The molecule has 0 aliphatic carbocycles. The van der Waals surface area contributed by atoms with Gasteiger partial charge in [-0.15, -0.1) is 0 Å². The molecule has 0 radical (unpaired) electrons. The number of fused-ring (bicyclic) bond motifs is 1. The Kier molecular flexibility index (Phi) is 2.38. The van der Waals surface area contributed by atoms with Crippen molar-refractivity contribution in [3.05, 3.63) is 36.0 Å². The van der Waals surface area contributed by atoms with Crippen molar-refractivity contribution in [2.24, 2.45) is 0 Å². The van der Waals surface area contributed by atoms with Crippen molar-refractivity contribution in [1.29, 1.82) is 0 Å². The van der Waals surface area contributed by atoms with Crippen LogP contribution in [0.25, 0.3) is 10.9 Å². The fraction of sp³-hybridized carbons (Fsp3) is 0.286. The molecule has 1 aliphatic rings. The second-order valence-electron chi connectivity index (χ2n) is 5.37. The normalized spacial score (nSPS) is 19.6. The zero-order valence-electron chi connectivity index (χ0n) is 10.8. The van der Waals surface area contributed by atoms with E-state index in [-0.39, 0.29) is 5.91 Å². The maximum Gasteiger partial charge on any atom is 0.322 e.